The standard InChI is InChI=1S/C10H8N2O3/c1-7-2-3-9(14-7)15-10(13)8-6-11-4-5-12-8/h2-6H,1H3. The Labute approximate surface area is 85.7 Å². The van der Waals surface area contributed by atoms with E-state index in [0.717, 1.165) is 0 Å². The van der Waals surface area contributed by atoms with E-state index >= 15 is 0 Å². The van der Waals surface area contributed by atoms with Gasteiger partial charge >= 0.3 is 5.97 Å². The van der Waals surface area contributed by atoms with Gasteiger partial charge in [0, 0.05) is 18.5 Å². The van der Waals surface area contributed by atoms with Gasteiger partial charge in [0.1, 0.15) is 5.76 Å². The number of furan rings is 1. The largest absolute Gasteiger partial charge is 0.431 e. The fourth-order valence-electron chi connectivity index (χ4n) is 1.02. The van der Waals surface area contributed by atoms with Crippen molar-refractivity contribution in [1.29, 1.82) is 0 Å². The molecular weight excluding hydrogens is 196 g/mol. The number of aromatic nitrogens is 2. The van der Waals surface area contributed by atoms with Gasteiger partial charge < -0.3 is 9.15 Å². The van der Waals surface area contributed by atoms with E-state index in [4.69, 9.17) is 9.15 Å². The molecule has 2 aromatic heterocycles. The van der Waals surface area contributed by atoms with Crippen LogP contribution in [0.2, 0.25) is 0 Å². The minimum atomic E-state index is -0.586. The van der Waals surface area contributed by atoms with Crippen LogP contribution in [0.1, 0.15) is 16.2 Å². The summed E-state index contributed by atoms with van der Waals surface area (Å²) in [5.74, 6) is 0.248. The zero-order valence-corrected chi connectivity index (χ0v) is 8.01. The molecule has 0 radical (unpaired) electrons. The molecule has 0 saturated heterocycles. The summed E-state index contributed by atoms with van der Waals surface area (Å²) in [5.41, 5.74) is 0.145. The number of esters is 1. The molecule has 0 spiro atoms. The number of carbonyl (C=O) groups is 1. The molecule has 2 aromatic rings. The van der Waals surface area contributed by atoms with E-state index in [9.17, 15) is 4.79 Å². The van der Waals surface area contributed by atoms with Gasteiger partial charge in [0.15, 0.2) is 5.69 Å². The molecule has 0 aliphatic rings. The smallest absolute Gasteiger partial charge is 0.366 e. The van der Waals surface area contributed by atoms with Gasteiger partial charge in [-0.15, -0.1) is 0 Å². The van der Waals surface area contributed by atoms with Crippen LogP contribution < -0.4 is 4.74 Å². The van der Waals surface area contributed by atoms with Crippen LogP contribution in [0.25, 0.3) is 0 Å². The Balaban J connectivity index is 2.11. The van der Waals surface area contributed by atoms with Crippen molar-refractivity contribution in [1.82, 2.24) is 9.97 Å². The fraction of sp³-hybridized carbons (Fsp3) is 0.100. The molecule has 2 rings (SSSR count). The predicted molar refractivity (Wildman–Crippen MR) is 50.4 cm³/mol. The fourth-order valence-corrected chi connectivity index (χ4v) is 1.02. The van der Waals surface area contributed by atoms with E-state index < -0.39 is 5.97 Å². The predicted octanol–water partition coefficient (Wildman–Crippen LogP) is 1.60. The highest BCUT2D eigenvalue weighted by Gasteiger charge is 2.11. The van der Waals surface area contributed by atoms with E-state index in [1.807, 2.05) is 0 Å². The molecule has 0 unspecified atom stereocenters. The van der Waals surface area contributed by atoms with E-state index in [-0.39, 0.29) is 11.6 Å². The topological polar surface area (TPSA) is 65.2 Å². The summed E-state index contributed by atoms with van der Waals surface area (Å²) in [6, 6.07) is 3.28. The molecule has 0 saturated carbocycles. The van der Waals surface area contributed by atoms with Crippen LogP contribution in [0.3, 0.4) is 0 Å². The molecule has 76 valence electrons. The first-order valence-electron chi connectivity index (χ1n) is 4.30. The molecule has 0 N–H and O–H groups in total. The molecule has 5 nitrogen and oxygen atoms in total. The minimum absolute atomic E-state index is 0.145. The zero-order chi connectivity index (χ0) is 10.7. The number of rotatable bonds is 2. The summed E-state index contributed by atoms with van der Waals surface area (Å²) in [6.45, 7) is 1.76. The van der Waals surface area contributed by atoms with Gasteiger partial charge in [-0.2, -0.15) is 0 Å². The van der Waals surface area contributed by atoms with Crippen molar-refractivity contribution >= 4 is 5.97 Å². The third-order valence-electron chi connectivity index (χ3n) is 1.68. The van der Waals surface area contributed by atoms with E-state index in [1.165, 1.54) is 18.6 Å². The number of aryl methyl sites for hydroxylation is 1. The first-order chi connectivity index (χ1) is 7.25. The Kier molecular flexibility index (Phi) is 2.45. The summed E-state index contributed by atoms with van der Waals surface area (Å²) in [6.07, 6.45) is 4.23. The third kappa shape index (κ3) is 2.19. The Hall–Kier alpha value is -2.17. The number of hydrogen-bond donors (Lipinski definition) is 0. The first kappa shape index (κ1) is 9.39. The summed E-state index contributed by atoms with van der Waals surface area (Å²) < 4.78 is 10.00. The van der Waals surface area contributed by atoms with Crippen LogP contribution in [0.4, 0.5) is 0 Å². The summed E-state index contributed by atoms with van der Waals surface area (Å²) in [5, 5.41) is 0. The average molecular weight is 204 g/mol. The summed E-state index contributed by atoms with van der Waals surface area (Å²) in [4.78, 5) is 19.0. The van der Waals surface area contributed by atoms with Gasteiger partial charge in [0.25, 0.3) is 5.95 Å². The van der Waals surface area contributed by atoms with Gasteiger partial charge in [0.2, 0.25) is 0 Å². The molecule has 0 amide bonds. The van der Waals surface area contributed by atoms with E-state index in [0.29, 0.717) is 5.76 Å². The van der Waals surface area contributed by atoms with Crippen molar-refractivity contribution in [3.63, 3.8) is 0 Å². The van der Waals surface area contributed by atoms with Crippen LogP contribution in [-0.4, -0.2) is 15.9 Å². The van der Waals surface area contributed by atoms with Crippen molar-refractivity contribution in [3.8, 4) is 5.95 Å². The lowest BCUT2D eigenvalue weighted by atomic mass is 10.4. The number of nitrogens with zero attached hydrogens (tertiary/aromatic N) is 2. The monoisotopic (exact) mass is 204 g/mol. The maximum atomic E-state index is 11.4. The van der Waals surface area contributed by atoms with E-state index in [2.05, 4.69) is 9.97 Å². The van der Waals surface area contributed by atoms with Crippen LogP contribution in [0, 0.1) is 6.92 Å². The maximum Gasteiger partial charge on any atom is 0.366 e. The van der Waals surface area contributed by atoms with Crippen molar-refractivity contribution in [3.05, 3.63) is 42.2 Å². The lowest BCUT2D eigenvalue weighted by Gasteiger charge is -1.98. The zero-order valence-electron chi connectivity index (χ0n) is 8.01. The summed E-state index contributed by atoms with van der Waals surface area (Å²) >= 11 is 0. The van der Waals surface area contributed by atoms with Crippen molar-refractivity contribution in [2.45, 2.75) is 6.92 Å². The second-order valence-electron chi connectivity index (χ2n) is 2.85. The lowest BCUT2D eigenvalue weighted by Crippen LogP contribution is -2.10. The SMILES string of the molecule is Cc1ccc(OC(=O)c2cnccn2)o1. The molecule has 0 aliphatic carbocycles. The van der Waals surface area contributed by atoms with Crippen LogP contribution in [0.15, 0.2) is 35.1 Å². The highest BCUT2D eigenvalue weighted by atomic mass is 16.6. The molecule has 0 bridgehead atoms. The second kappa shape index (κ2) is 3.91. The molecule has 0 aliphatic heterocycles. The van der Waals surface area contributed by atoms with Crippen LogP contribution in [0.5, 0.6) is 5.95 Å². The second-order valence-corrected chi connectivity index (χ2v) is 2.85. The van der Waals surface area contributed by atoms with Crippen LogP contribution >= 0.6 is 0 Å². The minimum Gasteiger partial charge on any atom is -0.431 e. The Bertz CT molecular complexity index is 465. The molecule has 2 heterocycles. The number of ether oxygens (including phenoxy) is 1. The van der Waals surface area contributed by atoms with Gasteiger partial charge in [0.05, 0.1) is 6.20 Å². The number of hydrogen-bond acceptors (Lipinski definition) is 5. The molecule has 15 heavy (non-hydrogen) atoms. The lowest BCUT2D eigenvalue weighted by molar-refractivity contribution is 0.0686. The summed E-state index contributed by atoms with van der Waals surface area (Å²) in [7, 11) is 0. The quantitative estimate of drug-likeness (QED) is 0.695. The van der Waals surface area contributed by atoms with E-state index in [1.54, 1.807) is 19.1 Å². The van der Waals surface area contributed by atoms with Gasteiger partial charge in [-0.1, -0.05) is 0 Å². The first-order valence-corrected chi connectivity index (χ1v) is 4.30. The number of carbonyl (C=O) groups excluding carboxylic acids is 1. The van der Waals surface area contributed by atoms with Gasteiger partial charge in [-0.05, 0) is 13.0 Å². The molecule has 5 heteroatoms. The van der Waals surface area contributed by atoms with Gasteiger partial charge in [-0.25, -0.2) is 9.78 Å². The molecule has 0 fully saturated rings. The molecular formula is C10H8N2O3. The van der Waals surface area contributed by atoms with Crippen molar-refractivity contribution < 1.29 is 13.9 Å². The van der Waals surface area contributed by atoms with Crippen molar-refractivity contribution in [2.24, 2.45) is 0 Å². The Morgan fingerprint density at radius 2 is 2.27 bits per heavy atom. The van der Waals surface area contributed by atoms with Crippen LogP contribution in [-0.2, 0) is 0 Å². The molecule has 0 atom stereocenters. The highest BCUT2D eigenvalue weighted by Crippen LogP contribution is 2.15. The maximum absolute atomic E-state index is 11.4. The normalized spacial score (nSPS) is 9.93. The van der Waals surface area contributed by atoms with Gasteiger partial charge in [-0.3, -0.25) is 4.98 Å². The van der Waals surface area contributed by atoms with Crippen molar-refractivity contribution in [2.75, 3.05) is 0 Å². The Morgan fingerprint density at radius 1 is 1.40 bits per heavy atom. The Morgan fingerprint density at radius 3 is 2.87 bits per heavy atom. The highest BCUT2D eigenvalue weighted by molar-refractivity contribution is 5.88. The third-order valence-corrected chi connectivity index (χ3v) is 1.68. The molecule has 0 aromatic carbocycles. The average Bonchev–Trinajstić information content (AvgIpc) is 2.65.